The van der Waals surface area contributed by atoms with Gasteiger partial charge in [0.1, 0.15) is 11.6 Å². The number of hydrogen-bond donors (Lipinski definition) is 0. The Morgan fingerprint density at radius 2 is 1.59 bits per heavy atom. The standard InChI is InChI=1S/C13H19N3O/c14-10-12(11-15-6-4-5-7-15)13(17)16-8-2-1-3-9-16/h11H,1-9H2/b12-11-. The fourth-order valence-electron chi connectivity index (χ4n) is 2.45. The molecule has 17 heavy (non-hydrogen) atoms. The monoisotopic (exact) mass is 233 g/mol. The number of hydrogen-bond acceptors (Lipinski definition) is 3. The van der Waals surface area contributed by atoms with Gasteiger partial charge in [-0.15, -0.1) is 0 Å². The first-order valence-corrected chi connectivity index (χ1v) is 6.46. The molecule has 0 N–H and O–H groups in total. The molecule has 0 saturated carbocycles. The second kappa shape index (κ2) is 5.72. The van der Waals surface area contributed by atoms with Gasteiger partial charge in [0.25, 0.3) is 5.91 Å². The molecule has 2 aliphatic heterocycles. The smallest absolute Gasteiger partial charge is 0.266 e. The minimum Gasteiger partial charge on any atom is -0.376 e. The zero-order valence-corrected chi connectivity index (χ0v) is 10.2. The van der Waals surface area contributed by atoms with Crippen molar-refractivity contribution in [1.29, 1.82) is 5.26 Å². The third kappa shape index (κ3) is 3.00. The van der Waals surface area contributed by atoms with E-state index in [0.29, 0.717) is 5.57 Å². The zero-order chi connectivity index (χ0) is 12.1. The van der Waals surface area contributed by atoms with Crippen LogP contribution in [0.1, 0.15) is 32.1 Å². The van der Waals surface area contributed by atoms with Crippen molar-refractivity contribution in [3.05, 3.63) is 11.8 Å². The zero-order valence-electron chi connectivity index (χ0n) is 10.2. The van der Waals surface area contributed by atoms with Crippen LogP contribution in [0.15, 0.2) is 11.8 Å². The fourth-order valence-corrected chi connectivity index (χ4v) is 2.45. The van der Waals surface area contributed by atoms with Crippen LogP contribution in [0.2, 0.25) is 0 Å². The van der Waals surface area contributed by atoms with E-state index in [2.05, 4.69) is 11.0 Å². The Labute approximate surface area is 102 Å². The molecular formula is C13H19N3O. The van der Waals surface area contributed by atoms with Crippen molar-refractivity contribution in [2.24, 2.45) is 0 Å². The van der Waals surface area contributed by atoms with Gasteiger partial charge in [-0.25, -0.2) is 0 Å². The van der Waals surface area contributed by atoms with Crippen molar-refractivity contribution in [2.45, 2.75) is 32.1 Å². The van der Waals surface area contributed by atoms with Gasteiger partial charge in [0, 0.05) is 32.4 Å². The van der Waals surface area contributed by atoms with Crippen LogP contribution < -0.4 is 0 Å². The van der Waals surface area contributed by atoms with Gasteiger partial charge in [0.05, 0.1) is 0 Å². The van der Waals surface area contributed by atoms with Crippen molar-refractivity contribution in [3.8, 4) is 6.07 Å². The number of nitrogens with zero attached hydrogens (tertiary/aromatic N) is 3. The van der Waals surface area contributed by atoms with E-state index in [9.17, 15) is 4.79 Å². The molecule has 92 valence electrons. The van der Waals surface area contributed by atoms with Crippen molar-refractivity contribution < 1.29 is 4.79 Å². The lowest BCUT2D eigenvalue weighted by molar-refractivity contribution is -0.127. The highest BCUT2D eigenvalue weighted by Gasteiger charge is 2.21. The number of nitriles is 1. The van der Waals surface area contributed by atoms with Gasteiger partial charge in [-0.1, -0.05) is 0 Å². The van der Waals surface area contributed by atoms with Crippen LogP contribution in [0, 0.1) is 11.3 Å². The molecule has 2 saturated heterocycles. The number of carbonyl (C=O) groups is 1. The predicted molar refractivity (Wildman–Crippen MR) is 64.9 cm³/mol. The highest BCUT2D eigenvalue weighted by molar-refractivity contribution is 5.97. The maximum atomic E-state index is 12.1. The third-order valence-corrected chi connectivity index (χ3v) is 3.45. The molecule has 0 aromatic rings. The van der Waals surface area contributed by atoms with E-state index in [1.165, 1.54) is 6.42 Å². The summed E-state index contributed by atoms with van der Waals surface area (Å²) in [5.74, 6) is -0.0842. The highest BCUT2D eigenvalue weighted by Crippen LogP contribution is 2.14. The molecule has 0 spiro atoms. The van der Waals surface area contributed by atoms with Gasteiger partial charge in [-0.3, -0.25) is 4.79 Å². The largest absolute Gasteiger partial charge is 0.376 e. The number of amides is 1. The van der Waals surface area contributed by atoms with Gasteiger partial charge in [-0.2, -0.15) is 5.26 Å². The number of carbonyl (C=O) groups excluding carboxylic acids is 1. The van der Waals surface area contributed by atoms with Crippen LogP contribution in [0.3, 0.4) is 0 Å². The minimum atomic E-state index is -0.0842. The maximum absolute atomic E-state index is 12.1. The van der Waals surface area contributed by atoms with Crippen LogP contribution in [0.25, 0.3) is 0 Å². The molecule has 2 aliphatic rings. The first-order valence-electron chi connectivity index (χ1n) is 6.46. The molecule has 2 fully saturated rings. The lowest BCUT2D eigenvalue weighted by atomic mass is 10.1. The van der Waals surface area contributed by atoms with Crippen molar-refractivity contribution in [3.63, 3.8) is 0 Å². The molecule has 0 aliphatic carbocycles. The van der Waals surface area contributed by atoms with E-state index < -0.39 is 0 Å². The second-order valence-corrected chi connectivity index (χ2v) is 4.75. The molecule has 0 aromatic carbocycles. The number of rotatable bonds is 2. The Morgan fingerprint density at radius 1 is 1.00 bits per heavy atom. The van der Waals surface area contributed by atoms with Gasteiger partial charge in [-0.05, 0) is 32.1 Å². The average Bonchev–Trinajstić information content (AvgIpc) is 2.89. The summed E-state index contributed by atoms with van der Waals surface area (Å²) in [6, 6.07) is 2.05. The molecule has 4 nitrogen and oxygen atoms in total. The Morgan fingerprint density at radius 3 is 2.18 bits per heavy atom. The maximum Gasteiger partial charge on any atom is 0.266 e. The number of likely N-dealkylation sites (tertiary alicyclic amines) is 2. The summed E-state index contributed by atoms with van der Waals surface area (Å²) >= 11 is 0. The molecule has 0 atom stereocenters. The van der Waals surface area contributed by atoms with E-state index in [-0.39, 0.29) is 5.91 Å². The minimum absolute atomic E-state index is 0.0842. The summed E-state index contributed by atoms with van der Waals surface area (Å²) in [7, 11) is 0. The van der Waals surface area contributed by atoms with E-state index in [1.807, 2.05) is 4.90 Å². The first-order chi connectivity index (χ1) is 8.31. The van der Waals surface area contributed by atoms with Crippen LogP contribution >= 0.6 is 0 Å². The van der Waals surface area contributed by atoms with Crippen molar-refractivity contribution >= 4 is 5.91 Å². The molecule has 1 amide bonds. The summed E-state index contributed by atoms with van der Waals surface area (Å²) in [6.07, 6.45) is 7.40. The van der Waals surface area contributed by atoms with E-state index in [0.717, 1.165) is 51.9 Å². The Bertz CT molecular complexity index is 344. The van der Waals surface area contributed by atoms with Gasteiger partial charge in [0.2, 0.25) is 0 Å². The molecule has 4 heteroatoms. The van der Waals surface area contributed by atoms with Gasteiger partial charge >= 0.3 is 0 Å². The molecule has 0 aromatic heterocycles. The van der Waals surface area contributed by atoms with E-state index in [4.69, 9.17) is 5.26 Å². The molecule has 2 heterocycles. The van der Waals surface area contributed by atoms with Crippen molar-refractivity contribution in [1.82, 2.24) is 9.80 Å². The fraction of sp³-hybridized carbons (Fsp3) is 0.692. The first kappa shape index (κ1) is 12.0. The lowest BCUT2D eigenvalue weighted by Crippen LogP contribution is -2.36. The summed E-state index contributed by atoms with van der Waals surface area (Å²) in [5, 5.41) is 9.09. The normalized spacial score (nSPS) is 21.5. The predicted octanol–water partition coefficient (Wildman–Crippen LogP) is 1.50. The van der Waals surface area contributed by atoms with Gasteiger partial charge < -0.3 is 9.80 Å². The van der Waals surface area contributed by atoms with Crippen LogP contribution in [-0.4, -0.2) is 41.9 Å². The van der Waals surface area contributed by atoms with Crippen molar-refractivity contribution in [2.75, 3.05) is 26.2 Å². The molecule has 0 radical (unpaired) electrons. The van der Waals surface area contributed by atoms with Gasteiger partial charge in [0.15, 0.2) is 0 Å². The summed E-state index contributed by atoms with van der Waals surface area (Å²) in [5.41, 5.74) is 0.300. The molecular weight excluding hydrogens is 214 g/mol. The van der Waals surface area contributed by atoms with Crippen LogP contribution in [-0.2, 0) is 4.79 Å². The molecule has 0 unspecified atom stereocenters. The summed E-state index contributed by atoms with van der Waals surface area (Å²) in [6.45, 7) is 3.55. The highest BCUT2D eigenvalue weighted by atomic mass is 16.2. The topological polar surface area (TPSA) is 47.3 Å². The quantitative estimate of drug-likeness (QED) is 0.536. The third-order valence-electron chi connectivity index (χ3n) is 3.45. The average molecular weight is 233 g/mol. The Hall–Kier alpha value is -1.50. The Balaban J connectivity index is 2.01. The molecule has 2 rings (SSSR count). The van der Waals surface area contributed by atoms with E-state index in [1.54, 1.807) is 6.20 Å². The van der Waals surface area contributed by atoms with Crippen LogP contribution in [0.4, 0.5) is 0 Å². The van der Waals surface area contributed by atoms with E-state index >= 15 is 0 Å². The SMILES string of the molecule is N#C/C(=C/N1CCCC1)C(=O)N1CCCCC1. The number of piperidine rings is 1. The Kier molecular flexibility index (Phi) is 4.03. The summed E-state index contributed by atoms with van der Waals surface area (Å²) < 4.78 is 0. The lowest BCUT2D eigenvalue weighted by Gasteiger charge is -2.26. The second-order valence-electron chi connectivity index (χ2n) is 4.75. The molecule has 0 bridgehead atoms. The van der Waals surface area contributed by atoms with Crippen LogP contribution in [0.5, 0.6) is 0 Å². The summed E-state index contributed by atoms with van der Waals surface area (Å²) in [4.78, 5) is 16.0.